The fourth-order valence-electron chi connectivity index (χ4n) is 7.57. The van der Waals surface area contributed by atoms with Crippen LogP contribution in [0.1, 0.15) is 72.1 Å². The van der Waals surface area contributed by atoms with Crippen LogP contribution in [0.25, 0.3) is 0 Å². The van der Waals surface area contributed by atoms with Gasteiger partial charge in [-0.3, -0.25) is 4.79 Å². The molecule has 0 amide bonds. The van der Waals surface area contributed by atoms with Crippen molar-refractivity contribution in [3.05, 3.63) is 0 Å². The molecule has 0 saturated heterocycles. The molecular weight excluding hydrogens is 360 g/mol. The molecule has 27 heavy (non-hydrogen) atoms. The third-order valence-corrected chi connectivity index (χ3v) is 8.98. The molecule has 4 aliphatic rings. The number of carbonyl (C=O) groups is 1. The first-order valence-corrected chi connectivity index (χ1v) is 10.8. The Morgan fingerprint density at radius 3 is 2.67 bits per heavy atom. The number of fused-ring (bicyclic) bond motifs is 5. The lowest BCUT2D eigenvalue weighted by molar-refractivity contribution is -0.141. The van der Waals surface area contributed by atoms with Crippen LogP contribution in [-0.4, -0.2) is 24.6 Å². The highest BCUT2D eigenvalue weighted by Crippen LogP contribution is 2.66. The van der Waals surface area contributed by atoms with Crippen LogP contribution in [0.3, 0.4) is 0 Å². The molecule has 0 aromatic carbocycles. The zero-order valence-corrected chi connectivity index (χ0v) is 18.0. The molecule has 4 rings (SSSR count). The van der Waals surface area contributed by atoms with E-state index in [4.69, 9.17) is 10.6 Å². The fraction of sp³-hybridized carbons (Fsp3) is 0.909. The number of hydrogen-bond donors (Lipinski definition) is 1. The highest BCUT2D eigenvalue weighted by molar-refractivity contribution is 5.87. The number of hydrogen-bond acceptors (Lipinski definition) is 4. The number of oxime groups is 1. The Morgan fingerprint density at radius 2 is 1.93 bits per heavy atom. The van der Waals surface area contributed by atoms with Gasteiger partial charge in [0.25, 0.3) is 0 Å². The van der Waals surface area contributed by atoms with Crippen molar-refractivity contribution in [2.45, 2.75) is 72.1 Å². The number of halogens is 1. The second-order valence-electron chi connectivity index (χ2n) is 10.1. The van der Waals surface area contributed by atoms with Crippen LogP contribution in [0, 0.1) is 40.4 Å². The van der Waals surface area contributed by atoms with Crippen LogP contribution in [-0.2, 0) is 9.63 Å². The van der Waals surface area contributed by atoms with E-state index in [2.05, 4.69) is 25.9 Å². The topological polar surface area (TPSA) is 64.7 Å². The third kappa shape index (κ3) is 3.25. The van der Waals surface area contributed by atoms with Gasteiger partial charge >= 0.3 is 0 Å². The van der Waals surface area contributed by atoms with Gasteiger partial charge in [0, 0.05) is 18.4 Å². The Labute approximate surface area is 170 Å². The summed E-state index contributed by atoms with van der Waals surface area (Å²) in [7, 11) is 0. The molecule has 0 aliphatic heterocycles. The van der Waals surface area contributed by atoms with Gasteiger partial charge in [-0.05, 0) is 80.0 Å². The molecular formula is C22H37ClN2O2. The van der Waals surface area contributed by atoms with Gasteiger partial charge in [-0.15, -0.1) is 12.4 Å². The van der Waals surface area contributed by atoms with Crippen molar-refractivity contribution < 1.29 is 9.63 Å². The van der Waals surface area contributed by atoms with E-state index in [0.717, 1.165) is 43.9 Å². The van der Waals surface area contributed by atoms with Crippen molar-refractivity contribution in [2.75, 3.05) is 13.2 Å². The van der Waals surface area contributed by atoms with Gasteiger partial charge in [-0.1, -0.05) is 25.9 Å². The summed E-state index contributed by atoms with van der Waals surface area (Å²) in [4.78, 5) is 18.0. The Bertz CT molecular complexity index is 609. The normalized spacial score (nSPS) is 47.6. The highest BCUT2D eigenvalue weighted by atomic mass is 35.5. The highest BCUT2D eigenvalue weighted by Gasteiger charge is 2.61. The smallest absolute Gasteiger partial charge is 0.139 e. The average molecular weight is 397 g/mol. The molecule has 0 bridgehead atoms. The van der Waals surface area contributed by atoms with Crippen molar-refractivity contribution in [1.29, 1.82) is 0 Å². The standard InChI is InChI=1S/C22H36N2O2.ClH/c1-14-12-16-17-4-5-20(25)22(17,3)9-7-18(16)21(2)8-6-15(13-19(14)21)24-26-11-10-23;/h14,16-19H,4-13,23H2,1-3H3;1H/t14?,16-,17-,18+,19?,21+,22-;/m0./s1. The number of ketones is 1. The second kappa shape index (κ2) is 7.67. The molecule has 0 radical (unpaired) electrons. The molecule has 7 atom stereocenters. The second-order valence-corrected chi connectivity index (χ2v) is 10.1. The first-order chi connectivity index (χ1) is 12.4. The molecule has 4 nitrogen and oxygen atoms in total. The van der Waals surface area contributed by atoms with Gasteiger partial charge in [-0.2, -0.15) is 0 Å². The summed E-state index contributed by atoms with van der Waals surface area (Å²) in [6, 6.07) is 0. The monoisotopic (exact) mass is 396 g/mol. The molecule has 5 heteroatoms. The number of carbonyl (C=O) groups excluding carboxylic acids is 1. The van der Waals surface area contributed by atoms with E-state index in [1.807, 2.05) is 0 Å². The lowest BCUT2D eigenvalue weighted by atomic mass is 9.43. The molecule has 0 heterocycles. The van der Waals surface area contributed by atoms with E-state index in [1.54, 1.807) is 0 Å². The predicted octanol–water partition coefficient (Wildman–Crippen LogP) is 4.60. The first kappa shape index (κ1) is 21.1. The van der Waals surface area contributed by atoms with Crippen molar-refractivity contribution in [3.63, 3.8) is 0 Å². The third-order valence-electron chi connectivity index (χ3n) is 8.98. The zero-order chi connectivity index (χ0) is 18.5. The molecule has 0 aromatic heterocycles. The summed E-state index contributed by atoms with van der Waals surface area (Å²) in [6.07, 6.45) is 9.02. The summed E-state index contributed by atoms with van der Waals surface area (Å²) < 4.78 is 0. The minimum Gasteiger partial charge on any atom is -0.395 e. The van der Waals surface area contributed by atoms with Crippen LogP contribution in [0.4, 0.5) is 0 Å². The Morgan fingerprint density at radius 1 is 1.15 bits per heavy atom. The molecule has 154 valence electrons. The van der Waals surface area contributed by atoms with Gasteiger partial charge in [-0.25, -0.2) is 0 Å². The van der Waals surface area contributed by atoms with Crippen molar-refractivity contribution in [3.8, 4) is 0 Å². The molecule has 2 unspecified atom stereocenters. The van der Waals surface area contributed by atoms with E-state index in [9.17, 15) is 4.79 Å². The minimum absolute atomic E-state index is 0. The van der Waals surface area contributed by atoms with Gasteiger partial charge < -0.3 is 10.6 Å². The predicted molar refractivity (Wildman–Crippen MR) is 111 cm³/mol. The van der Waals surface area contributed by atoms with E-state index in [0.29, 0.717) is 42.1 Å². The summed E-state index contributed by atoms with van der Waals surface area (Å²) in [6.45, 7) is 8.33. The molecule has 0 spiro atoms. The number of nitrogens with two attached hydrogens (primary N) is 1. The van der Waals surface area contributed by atoms with Gasteiger partial charge in [0.2, 0.25) is 0 Å². The van der Waals surface area contributed by atoms with E-state index < -0.39 is 0 Å². The number of nitrogens with zero attached hydrogens (tertiary/aromatic N) is 1. The summed E-state index contributed by atoms with van der Waals surface area (Å²) in [5.74, 6) is 4.15. The number of Topliss-reactive ketones (excluding diaryl/α,β-unsaturated/α-hetero) is 1. The lowest BCUT2D eigenvalue weighted by Crippen LogP contribution is -2.56. The Hall–Kier alpha value is -0.610. The Kier molecular flexibility index (Phi) is 5.99. The lowest BCUT2D eigenvalue weighted by Gasteiger charge is -2.61. The van der Waals surface area contributed by atoms with Gasteiger partial charge in [0.1, 0.15) is 12.4 Å². The maximum Gasteiger partial charge on any atom is 0.139 e. The van der Waals surface area contributed by atoms with Crippen LogP contribution < -0.4 is 5.73 Å². The molecule has 4 fully saturated rings. The minimum atomic E-state index is -0.0125. The van der Waals surface area contributed by atoms with Gasteiger partial charge in [0.15, 0.2) is 0 Å². The number of rotatable bonds is 3. The van der Waals surface area contributed by atoms with E-state index >= 15 is 0 Å². The molecule has 0 aromatic rings. The summed E-state index contributed by atoms with van der Waals surface area (Å²) in [5.41, 5.74) is 7.14. The molecule has 4 saturated carbocycles. The molecule has 2 N–H and O–H groups in total. The van der Waals surface area contributed by atoms with Crippen molar-refractivity contribution in [1.82, 2.24) is 0 Å². The van der Waals surface area contributed by atoms with E-state index in [-0.39, 0.29) is 17.8 Å². The quantitative estimate of drug-likeness (QED) is 0.560. The zero-order valence-electron chi connectivity index (χ0n) is 17.2. The van der Waals surface area contributed by atoms with Crippen molar-refractivity contribution in [2.24, 2.45) is 51.3 Å². The summed E-state index contributed by atoms with van der Waals surface area (Å²) in [5, 5.41) is 4.40. The average Bonchev–Trinajstić information content (AvgIpc) is 2.92. The first-order valence-electron chi connectivity index (χ1n) is 10.8. The van der Waals surface area contributed by atoms with Crippen LogP contribution >= 0.6 is 12.4 Å². The maximum atomic E-state index is 12.6. The van der Waals surface area contributed by atoms with E-state index in [1.165, 1.54) is 25.0 Å². The summed E-state index contributed by atoms with van der Waals surface area (Å²) >= 11 is 0. The van der Waals surface area contributed by atoms with Crippen LogP contribution in [0.5, 0.6) is 0 Å². The Balaban J connectivity index is 0.00000210. The SMILES string of the molecule is CC1C[C@@H]2[C@@H](CC[C@]3(C)C(=O)CC[C@@H]23)[C@@]2(C)CCC(=NOCCN)CC12.Cl. The maximum absolute atomic E-state index is 12.6. The van der Waals surface area contributed by atoms with Gasteiger partial charge in [0.05, 0.1) is 5.71 Å². The van der Waals surface area contributed by atoms with Crippen LogP contribution in [0.15, 0.2) is 5.16 Å². The van der Waals surface area contributed by atoms with Crippen molar-refractivity contribution >= 4 is 23.9 Å². The fourth-order valence-corrected chi connectivity index (χ4v) is 7.57. The van der Waals surface area contributed by atoms with Crippen LogP contribution in [0.2, 0.25) is 0 Å². The molecule has 4 aliphatic carbocycles. The largest absolute Gasteiger partial charge is 0.395 e.